The molecule has 0 saturated heterocycles. The van der Waals surface area contributed by atoms with Crippen molar-refractivity contribution in [3.8, 4) is 0 Å². The van der Waals surface area contributed by atoms with Crippen LogP contribution in [-0.2, 0) is 26.8 Å². The lowest BCUT2D eigenvalue weighted by molar-refractivity contribution is 0.170. The molecule has 0 aromatic heterocycles. The molecule has 0 saturated carbocycles. The molecule has 0 aliphatic heterocycles. The van der Waals surface area contributed by atoms with Crippen LogP contribution in [0.5, 0.6) is 0 Å². The second kappa shape index (κ2) is 6.54. The molecule has 0 aliphatic rings. The molecule has 104 valence electrons. The lowest BCUT2D eigenvalue weighted by Gasteiger charge is -2.15. The highest BCUT2D eigenvalue weighted by atomic mass is 31.3. The molecule has 0 radical (unpaired) electrons. The number of phosphoric ester groups is 1. The summed E-state index contributed by atoms with van der Waals surface area (Å²) < 4.78 is 43.3. The maximum atomic E-state index is 11.0. The van der Waals surface area contributed by atoms with Gasteiger partial charge in [-0.15, -0.1) is 0 Å². The minimum atomic E-state index is -5.39. The van der Waals surface area contributed by atoms with E-state index in [1.54, 1.807) is 6.92 Å². The van der Waals surface area contributed by atoms with Crippen molar-refractivity contribution in [2.45, 2.75) is 19.8 Å². The zero-order valence-corrected chi connectivity index (χ0v) is 11.4. The van der Waals surface area contributed by atoms with Gasteiger partial charge in [0.25, 0.3) is 0 Å². The summed E-state index contributed by atoms with van der Waals surface area (Å²) >= 11 is 0. The largest absolute Gasteiger partial charge is 0.490 e. The number of hydrogen-bond acceptors (Lipinski definition) is 6. The molecule has 0 rings (SSSR count). The third-order valence-electron chi connectivity index (χ3n) is 1.17. The van der Waals surface area contributed by atoms with Crippen molar-refractivity contribution in [1.82, 2.24) is 0 Å². The summed E-state index contributed by atoms with van der Waals surface area (Å²) in [7, 11) is -15.6. The molecule has 0 heterocycles. The van der Waals surface area contributed by atoms with Gasteiger partial charge in [-0.1, -0.05) is 13.3 Å². The van der Waals surface area contributed by atoms with Gasteiger partial charge < -0.3 is 19.6 Å². The van der Waals surface area contributed by atoms with Gasteiger partial charge in [0.2, 0.25) is 0 Å². The molecule has 0 aromatic carbocycles. The predicted molar refractivity (Wildman–Crippen MR) is 54.7 cm³/mol. The fourth-order valence-corrected chi connectivity index (χ4v) is 3.68. The summed E-state index contributed by atoms with van der Waals surface area (Å²) in [5.74, 6) is 0. The second-order valence-electron chi connectivity index (χ2n) is 2.78. The van der Waals surface area contributed by atoms with Gasteiger partial charge in [0, 0.05) is 0 Å². The molecule has 0 fully saturated rings. The van der Waals surface area contributed by atoms with E-state index >= 15 is 0 Å². The number of unbranched alkanes of at least 4 members (excludes halogenated alkanes) is 1. The second-order valence-corrected chi connectivity index (χ2v) is 7.20. The molecule has 17 heavy (non-hydrogen) atoms. The Morgan fingerprint density at radius 1 is 0.941 bits per heavy atom. The van der Waals surface area contributed by atoms with Crippen molar-refractivity contribution in [2.75, 3.05) is 6.61 Å². The Labute approximate surface area is 97.0 Å². The van der Waals surface area contributed by atoms with Crippen LogP contribution in [-0.4, -0.2) is 26.2 Å². The van der Waals surface area contributed by atoms with Crippen LogP contribution in [0.4, 0.5) is 0 Å². The lowest BCUT2D eigenvalue weighted by Crippen LogP contribution is -1.97. The highest BCUT2D eigenvalue weighted by molar-refractivity contribution is 7.66. The Morgan fingerprint density at radius 3 is 1.88 bits per heavy atom. The molecule has 0 spiro atoms. The van der Waals surface area contributed by atoms with Crippen LogP contribution in [0, 0.1) is 0 Å². The SMILES string of the molecule is CCCCOP(=O)(O)OP(=O)(O)OP(=O)(O)O. The standard InChI is InChI=1S/C4H13O10P3/c1-2-3-4-12-16(8,9)14-17(10,11)13-15(5,6)7/h2-4H2,1H3,(H,8,9)(H,10,11)(H2,5,6,7). The third-order valence-corrected chi connectivity index (χ3v) is 5.00. The van der Waals surface area contributed by atoms with Gasteiger partial charge in [0.05, 0.1) is 6.61 Å². The Balaban J connectivity index is 4.44. The molecular weight excluding hydrogens is 301 g/mol. The van der Waals surface area contributed by atoms with E-state index in [0.29, 0.717) is 12.8 Å². The van der Waals surface area contributed by atoms with E-state index in [0.717, 1.165) is 0 Å². The highest BCUT2D eigenvalue weighted by Crippen LogP contribution is 2.66. The molecule has 10 nitrogen and oxygen atoms in total. The zero-order valence-electron chi connectivity index (χ0n) is 8.70. The quantitative estimate of drug-likeness (QED) is 0.377. The topological polar surface area (TPSA) is 160 Å². The lowest BCUT2D eigenvalue weighted by atomic mass is 10.4. The van der Waals surface area contributed by atoms with Gasteiger partial charge in [-0.3, -0.25) is 4.52 Å². The monoisotopic (exact) mass is 314 g/mol. The summed E-state index contributed by atoms with van der Waals surface area (Å²) in [6.45, 7) is 1.54. The summed E-state index contributed by atoms with van der Waals surface area (Å²) in [5.41, 5.74) is 0. The summed E-state index contributed by atoms with van der Waals surface area (Å²) in [4.78, 5) is 34.1. The van der Waals surface area contributed by atoms with E-state index < -0.39 is 23.5 Å². The van der Waals surface area contributed by atoms with Crippen molar-refractivity contribution in [2.24, 2.45) is 0 Å². The first-order valence-electron chi connectivity index (χ1n) is 4.26. The Kier molecular flexibility index (Phi) is 6.70. The Hall–Kier alpha value is 0.410. The van der Waals surface area contributed by atoms with E-state index in [4.69, 9.17) is 19.6 Å². The van der Waals surface area contributed by atoms with E-state index in [9.17, 15) is 13.7 Å². The molecule has 2 unspecified atom stereocenters. The normalized spacial score (nSPS) is 19.6. The highest BCUT2D eigenvalue weighted by Gasteiger charge is 2.40. The Morgan fingerprint density at radius 2 is 1.47 bits per heavy atom. The molecule has 13 heteroatoms. The van der Waals surface area contributed by atoms with Crippen LogP contribution in [0.25, 0.3) is 0 Å². The van der Waals surface area contributed by atoms with Crippen LogP contribution < -0.4 is 0 Å². The molecule has 0 amide bonds. The van der Waals surface area contributed by atoms with E-state index in [2.05, 4.69) is 13.1 Å². The fourth-order valence-electron chi connectivity index (χ4n) is 0.628. The van der Waals surface area contributed by atoms with E-state index in [1.807, 2.05) is 0 Å². The fraction of sp³-hybridized carbons (Fsp3) is 1.00. The average molecular weight is 314 g/mol. The molecule has 0 bridgehead atoms. The smallest absolute Gasteiger partial charge is 0.302 e. The first-order valence-corrected chi connectivity index (χ1v) is 8.78. The predicted octanol–water partition coefficient (Wildman–Crippen LogP) is 1.13. The van der Waals surface area contributed by atoms with Gasteiger partial charge in [0.1, 0.15) is 0 Å². The summed E-state index contributed by atoms with van der Waals surface area (Å²) in [5, 5.41) is 0. The maximum Gasteiger partial charge on any atom is 0.490 e. The number of hydrogen-bond donors (Lipinski definition) is 4. The minimum absolute atomic E-state index is 0.222. The minimum Gasteiger partial charge on any atom is -0.302 e. The molecule has 2 atom stereocenters. The van der Waals surface area contributed by atoms with Gasteiger partial charge in [-0.2, -0.15) is 8.62 Å². The van der Waals surface area contributed by atoms with Gasteiger partial charge in [-0.05, 0) is 6.42 Å². The third kappa shape index (κ3) is 10.1. The van der Waals surface area contributed by atoms with Crippen LogP contribution in [0.2, 0.25) is 0 Å². The van der Waals surface area contributed by atoms with Crippen molar-refractivity contribution >= 4 is 23.5 Å². The first kappa shape index (κ1) is 17.4. The molecule has 0 aliphatic carbocycles. The Bertz CT molecular complexity index is 372. The van der Waals surface area contributed by atoms with Gasteiger partial charge >= 0.3 is 23.5 Å². The van der Waals surface area contributed by atoms with Crippen molar-refractivity contribution in [1.29, 1.82) is 0 Å². The maximum absolute atomic E-state index is 11.0. The van der Waals surface area contributed by atoms with Crippen molar-refractivity contribution in [3.05, 3.63) is 0 Å². The van der Waals surface area contributed by atoms with Crippen LogP contribution in [0.15, 0.2) is 0 Å². The van der Waals surface area contributed by atoms with Gasteiger partial charge in [-0.25, -0.2) is 13.7 Å². The van der Waals surface area contributed by atoms with E-state index in [-0.39, 0.29) is 6.61 Å². The molecular formula is C4H13O10P3. The summed E-state index contributed by atoms with van der Waals surface area (Å²) in [6.07, 6.45) is 1.03. The number of phosphoric acid groups is 3. The van der Waals surface area contributed by atoms with Crippen LogP contribution in [0.1, 0.15) is 19.8 Å². The summed E-state index contributed by atoms with van der Waals surface area (Å²) in [6, 6.07) is 0. The average Bonchev–Trinajstić information content (AvgIpc) is 1.96. The number of rotatable bonds is 8. The molecule has 4 N–H and O–H groups in total. The first-order chi connectivity index (χ1) is 7.47. The van der Waals surface area contributed by atoms with E-state index in [1.165, 1.54) is 0 Å². The van der Waals surface area contributed by atoms with Gasteiger partial charge in [0.15, 0.2) is 0 Å². The van der Waals surface area contributed by atoms with Crippen molar-refractivity contribution in [3.63, 3.8) is 0 Å². The zero-order chi connectivity index (χ0) is 13.7. The van der Waals surface area contributed by atoms with Crippen LogP contribution >= 0.6 is 23.5 Å². The van der Waals surface area contributed by atoms with Crippen molar-refractivity contribution < 1.29 is 46.4 Å². The van der Waals surface area contributed by atoms with Crippen LogP contribution in [0.3, 0.4) is 0 Å². The molecule has 0 aromatic rings.